The van der Waals surface area contributed by atoms with Gasteiger partial charge in [-0.25, -0.2) is 4.98 Å². The van der Waals surface area contributed by atoms with Crippen LogP contribution in [0.15, 0.2) is 12.1 Å². The van der Waals surface area contributed by atoms with Crippen LogP contribution in [0.1, 0.15) is 19.8 Å². The summed E-state index contributed by atoms with van der Waals surface area (Å²) in [7, 11) is 0. The Bertz CT molecular complexity index is 427. The average Bonchev–Trinajstić information content (AvgIpc) is 2.29. The highest BCUT2D eigenvalue weighted by Crippen LogP contribution is 2.25. The van der Waals surface area contributed by atoms with Crippen molar-refractivity contribution in [2.75, 3.05) is 23.7 Å². The number of piperidine rings is 1. The molecule has 17 heavy (non-hydrogen) atoms. The Labute approximate surface area is 99.6 Å². The fourth-order valence-electron chi connectivity index (χ4n) is 2.03. The van der Waals surface area contributed by atoms with Gasteiger partial charge in [0.1, 0.15) is 11.6 Å². The Kier molecular flexibility index (Phi) is 3.12. The molecule has 1 aliphatic heterocycles. The monoisotopic (exact) mass is 236 g/mol. The minimum absolute atomic E-state index is 0.00567. The van der Waals surface area contributed by atoms with Crippen LogP contribution in [0.25, 0.3) is 0 Å². The number of hydrogen-bond acceptors (Lipinski definition) is 5. The van der Waals surface area contributed by atoms with E-state index in [1.54, 1.807) is 0 Å². The number of aromatic nitrogens is 1. The standard InChI is InChI=1S/C11H16N4O2/c1-8-2-4-14(5-3-8)11-7-9(15(16)17)6-10(12)13-11/h6-8H,2-5H2,1H3,(H2,12,13). The van der Waals surface area contributed by atoms with E-state index in [1.807, 2.05) is 0 Å². The first kappa shape index (κ1) is 11.6. The normalized spacial score (nSPS) is 17.1. The van der Waals surface area contributed by atoms with Crippen LogP contribution in [0.4, 0.5) is 17.3 Å². The van der Waals surface area contributed by atoms with E-state index < -0.39 is 4.92 Å². The van der Waals surface area contributed by atoms with Gasteiger partial charge in [0.2, 0.25) is 0 Å². The molecular weight excluding hydrogens is 220 g/mol. The second-order valence-corrected chi connectivity index (χ2v) is 4.54. The summed E-state index contributed by atoms with van der Waals surface area (Å²) in [6, 6.07) is 2.78. The molecule has 0 amide bonds. The van der Waals surface area contributed by atoms with E-state index in [9.17, 15) is 10.1 Å². The van der Waals surface area contributed by atoms with E-state index in [1.165, 1.54) is 12.1 Å². The Hall–Kier alpha value is -1.85. The molecule has 0 saturated carbocycles. The van der Waals surface area contributed by atoms with Crippen LogP contribution >= 0.6 is 0 Å². The van der Waals surface area contributed by atoms with Crippen LogP contribution in [-0.4, -0.2) is 23.0 Å². The van der Waals surface area contributed by atoms with E-state index in [0.717, 1.165) is 25.9 Å². The van der Waals surface area contributed by atoms with Gasteiger partial charge in [-0.05, 0) is 18.8 Å². The molecule has 1 fully saturated rings. The van der Waals surface area contributed by atoms with Gasteiger partial charge in [0, 0.05) is 13.1 Å². The summed E-state index contributed by atoms with van der Waals surface area (Å²) in [5, 5.41) is 10.7. The molecule has 2 heterocycles. The van der Waals surface area contributed by atoms with Gasteiger partial charge in [-0.2, -0.15) is 0 Å². The Balaban J connectivity index is 2.23. The molecule has 1 aromatic heterocycles. The predicted octanol–water partition coefficient (Wildman–Crippen LogP) is 1.81. The summed E-state index contributed by atoms with van der Waals surface area (Å²) in [4.78, 5) is 16.5. The molecule has 0 aromatic carbocycles. The number of rotatable bonds is 2. The molecule has 6 heteroatoms. The van der Waals surface area contributed by atoms with Crippen molar-refractivity contribution in [2.45, 2.75) is 19.8 Å². The smallest absolute Gasteiger partial charge is 0.276 e. The molecule has 2 N–H and O–H groups in total. The second-order valence-electron chi connectivity index (χ2n) is 4.54. The predicted molar refractivity (Wildman–Crippen MR) is 65.9 cm³/mol. The summed E-state index contributed by atoms with van der Waals surface area (Å²) in [5.74, 6) is 1.53. The summed E-state index contributed by atoms with van der Waals surface area (Å²) >= 11 is 0. The van der Waals surface area contributed by atoms with Gasteiger partial charge in [0.15, 0.2) is 0 Å². The summed E-state index contributed by atoms with van der Waals surface area (Å²) in [5.41, 5.74) is 5.59. The van der Waals surface area contributed by atoms with Gasteiger partial charge < -0.3 is 10.6 Å². The van der Waals surface area contributed by atoms with E-state index in [4.69, 9.17) is 5.73 Å². The number of nitro groups is 1. The molecule has 92 valence electrons. The molecular formula is C11H16N4O2. The fourth-order valence-corrected chi connectivity index (χ4v) is 2.03. The molecule has 2 rings (SSSR count). The third-order valence-corrected chi connectivity index (χ3v) is 3.13. The highest BCUT2D eigenvalue weighted by atomic mass is 16.6. The number of hydrogen-bond donors (Lipinski definition) is 1. The molecule has 0 spiro atoms. The van der Waals surface area contributed by atoms with Gasteiger partial charge in [-0.15, -0.1) is 0 Å². The highest BCUT2D eigenvalue weighted by Gasteiger charge is 2.19. The van der Waals surface area contributed by atoms with Gasteiger partial charge in [0.05, 0.1) is 17.1 Å². The van der Waals surface area contributed by atoms with Crippen molar-refractivity contribution in [3.05, 3.63) is 22.2 Å². The number of anilines is 2. The third-order valence-electron chi connectivity index (χ3n) is 3.13. The lowest BCUT2D eigenvalue weighted by atomic mass is 9.99. The number of nitrogens with zero attached hydrogens (tertiary/aromatic N) is 3. The summed E-state index contributed by atoms with van der Waals surface area (Å²) in [6.07, 6.45) is 2.18. The van der Waals surface area contributed by atoms with Gasteiger partial charge in [-0.1, -0.05) is 6.92 Å². The Morgan fingerprint density at radius 2 is 2.12 bits per heavy atom. The maximum absolute atomic E-state index is 10.7. The van der Waals surface area contributed by atoms with E-state index in [-0.39, 0.29) is 11.5 Å². The van der Waals surface area contributed by atoms with Crippen molar-refractivity contribution in [1.82, 2.24) is 4.98 Å². The van der Waals surface area contributed by atoms with Crippen molar-refractivity contribution in [2.24, 2.45) is 5.92 Å². The zero-order valence-electron chi connectivity index (χ0n) is 9.80. The SMILES string of the molecule is CC1CCN(c2cc([N+](=O)[O-])cc(N)n2)CC1. The third kappa shape index (κ3) is 2.64. The lowest BCUT2D eigenvalue weighted by Crippen LogP contribution is -2.33. The largest absolute Gasteiger partial charge is 0.383 e. The molecule has 0 unspecified atom stereocenters. The first-order chi connectivity index (χ1) is 8.06. The maximum atomic E-state index is 10.7. The van der Waals surface area contributed by atoms with Gasteiger partial charge in [-0.3, -0.25) is 10.1 Å². The van der Waals surface area contributed by atoms with Crippen LogP contribution < -0.4 is 10.6 Å². The average molecular weight is 236 g/mol. The summed E-state index contributed by atoms with van der Waals surface area (Å²) < 4.78 is 0. The minimum Gasteiger partial charge on any atom is -0.383 e. The number of nitrogens with two attached hydrogens (primary N) is 1. The minimum atomic E-state index is -0.436. The molecule has 0 radical (unpaired) electrons. The van der Waals surface area contributed by atoms with E-state index in [0.29, 0.717) is 11.7 Å². The lowest BCUT2D eigenvalue weighted by Gasteiger charge is -2.31. The fraction of sp³-hybridized carbons (Fsp3) is 0.545. The van der Waals surface area contributed by atoms with Crippen molar-refractivity contribution >= 4 is 17.3 Å². The van der Waals surface area contributed by atoms with Crippen molar-refractivity contribution < 1.29 is 4.92 Å². The second kappa shape index (κ2) is 4.57. The number of nitrogen functional groups attached to an aromatic ring is 1. The topological polar surface area (TPSA) is 85.3 Å². The molecule has 1 aliphatic rings. The highest BCUT2D eigenvalue weighted by molar-refractivity contribution is 5.54. The zero-order chi connectivity index (χ0) is 12.4. The van der Waals surface area contributed by atoms with E-state index in [2.05, 4.69) is 16.8 Å². The molecule has 1 saturated heterocycles. The molecule has 0 atom stereocenters. The zero-order valence-corrected chi connectivity index (χ0v) is 9.80. The van der Waals surface area contributed by atoms with Gasteiger partial charge in [0.25, 0.3) is 5.69 Å². The van der Waals surface area contributed by atoms with Crippen molar-refractivity contribution in [3.8, 4) is 0 Å². The Morgan fingerprint density at radius 3 is 2.71 bits per heavy atom. The molecule has 6 nitrogen and oxygen atoms in total. The first-order valence-corrected chi connectivity index (χ1v) is 5.73. The lowest BCUT2D eigenvalue weighted by molar-refractivity contribution is -0.384. The molecule has 0 aliphatic carbocycles. The van der Waals surface area contributed by atoms with Crippen LogP contribution in [0, 0.1) is 16.0 Å². The van der Waals surface area contributed by atoms with E-state index >= 15 is 0 Å². The number of pyridine rings is 1. The van der Waals surface area contributed by atoms with Crippen molar-refractivity contribution in [1.29, 1.82) is 0 Å². The Morgan fingerprint density at radius 1 is 1.47 bits per heavy atom. The van der Waals surface area contributed by atoms with Crippen molar-refractivity contribution in [3.63, 3.8) is 0 Å². The maximum Gasteiger partial charge on any atom is 0.276 e. The van der Waals surface area contributed by atoms with Crippen LogP contribution in [0.3, 0.4) is 0 Å². The van der Waals surface area contributed by atoms with Crippen LogP contribution in [0.2, 0.25) is 0 Å². The van der Waals surface area contributed by atoms with Gasteiger partial charge >= 0.3 is 0 Å². The van der Waals surface area contributed by atoms with Crippen LogP contribution in [0.5, 0.6) is 0 Å². The molecule has 1 aromatic rings. The quantitative estimate of drug-likeness (QED) is 0.625. The summed E-state index contributed by atoms with van der Waals surface area (Å²) in [6.45, 7) is 3.98. The van der Waals surface area contributed by atoms with Crippen LogP contribution in [-0.2, 0) is 0 Å². The molecule has 0 bridgehead atoms. The first-order valence-electron chi connectivity index (χ1n) is 5.73.